The highest BCUT2D eigenvalue weighted by Gasteiger charge is 2.30. The molecule has 1 aliphatic heterocycles. The number of aliphatic hydroxyl groups is 1. The first-order valence-corrected chi connectivity index (χ1v) is 14.3. The fourth-order valence-electron chi connectivity index (χ4n) is 4.90. The van der Waals surface area contributed by atoms with Crippen LogP contribution in [0.15, 0.2) is 94.3 Å². The molecule has 6 rings (SSSR count). The van der Waals surface area contributed by atoms with Gasteiger partial charge in [0.1, 0.15) is 5.70 Å². The molecule has 0 fully saturated rings. The predicted octanol–water partition coefficient (Wildman–Crippen LogP) is 6.55. The summed E-state index contributed by atoms with van der Waals surface area (Å²) in [6, 6.07) is 22.0. The van der Waals surface area contributed by atoms with Gasteiger partial charge in [0, 0.05) is 12.1 Å². The Bertz CT molecular complexity index is 1880. The molecule has 0 bridgehead atoms. The zero-order valence-corrected chi connectivity index (χ0v) is 24.0. The molecule has 0 atom stereocenters. The Morgan fingerprint density at radius 1 is 1.02 bits per heavy atom. The molecule has 11 heteroatoms. The summed E-state index contributed by atoms with van der Waals surface area (Å²) in [6.45, 7) is 6.19. The van der Waals surface area contributed by atoms with E-state index in [2.05, 4.69) is 20.8 Å². The van der Waals surface area contributed by atoms with Crippen LogP contribution < -0.4 is 5.43 Å². The van der Waals surface area contributed by atoms with E-state index in [9.17, 15) is 14.7 Å². The number of fused-ring (bicyclic) bond motifs is 2. The highest BCUT2D eigenvalue weighted by Crippen LogP contribution is 2.32. The molecule has 0 aliphatic carbocycles. The molecule has 2 amide bonds. The van der Waals surface area contributed by atoms with Gasteiger partial charge in [0.15, 0.2) is 5.65 Å². The van der Waals surface area contributed by atoms with Gasteiger partial charge in [-0.1, -0.05) is 56.3 Å². The number of nitrogens with one attached hydrogen (secondary N) is 1. The number of rotatable bonds is 6. The Kier molecular flexibility index (Phi) is 7.09. The molecule has 1 aliphatic rings. The first kappa shape index (κ1) is 27.0. The smallest absolute Gasteiger partial charge is 0.296 e. The lowest BCUT2D eigenvalue weighted by molar-refractivity contribution is 0.0663. The van der Waals surface area contributed by atoms with E-state index >= 15 is 0 Å². The van der Waals surface area contributed by atoms with Crippen molar-refractivity contribution in [3.05, 3.63) is 106 Å². The topological polar surface area (TPSA) is 125 Å². The van der Waals surface area contributed by atoms with E-state index < -0.39 is 11.8 Å². The van der Waals surface area contributed by atoms with Gasteiger partial charge in [0.25, 0.3) is 17.7 Å². The first-order chi connectivity index (χ1) is 20.3. The molecular formula is C31H27N7O3S. The molecule has 4 heterocycles. The summed E-state index contributed by atoms with van der Waals surface area (Å²) >= 11 is 1.50. The highest BCUT2D eigenvalue weighted by atomic mass is 32.1. The lowest BCUT2D eigenvalue weighted by Crippen LogP contribution is -2.47. The number of pyridine rings is 1. The molecule has 42 heavy (non-hydrogen) atoms. The lowest BCUT2D eigenvalue weighted by Gasteiger charge is -2.32. The van der Waals surface area contributed by atoms with Gasteiger partial charge in [-0.3, -0.25) is 20.0 Å². The Hall–Kier alpha value is -5.16. The second-order valence-electron chi connectivity index (χ2n) is 10.2. The largest absolute Gasteiger partial charge is 0.491 e. The molecule has 0 saturated heterocycles. The maximum absolute atomic E-state index is 13.6. The monoisotopic (exact) mass is 577 g/mol. The number of hydrazine groups is 1. The van der Waals surface area contributed by atoms with E-state index in [-0.39, 0.29) is 23.1 Å². The first-order valence-electron chi connectivity index (χ1n) is 13.4. The van der Waals surface area contributed by atoms with Crippen LogP contribution in [0.3, 0.4) is 0 Å². The summed E-state index contributed by atoms with van der Waals surface area (Å²) in [7, 11) is 0. The van der Waals surface area contributed by atoms with Crippen molar-refractivity contribution in [2.24, 2.45) is 16.1 Å². The number of amides is 2. The zero-order chi connectivity index (χ0) is 29.4. The number of nitrogens with zero attached hydrogens (tertiary/aromatic N) is 6. The van der Waals surface area contributed by atoms with Crippen LogP contribution in [0, 0.1) is 12.8 Å². The van der Waals surface area contributed by atoms with Crippen molar-refractivity contribution >= 4 is 39.9 Å². The van der Waals surface area contributed by atoms with Gasteiger partial charge >= 0.3 is 0 Å². The molecule has 3 aromatic heterocycles. The van der Waals surface area contributed by atoms with Gasteiger partial charge in [0.2, 0.25) is 0 Å². The van der Waals surface area contributed by atoms with E-state index in [1.165, 1.54) is 16.3 Å². The number of para-hydroxylation sites is 1. The Labute approximate surface area is 245 Å². The van der Waals surface area contributed by atoms with Crippen molar-refractivity contribution in [3.63, 3.8) is 0 Å². The molecule has 2 aromatic carbocycles. The quantitative estimate of drug-likeness (QED) is 0.174. The Morgan fingerprint density at radius 2 is 1.76 bits per heavy atom. The molecule has 2 N–H and O–H groups in total. The van der Waals surface area contributed by atoms with Crippen LogP contribution >= 0.6 is 11.3 Å². The standard InChI is InChI=1S/C31H27N7O3S/c1-18(2)17-37-31(41)22-13-8-7-12-21(22)27(36-37)30(40)34-33-29(39)23-16-24(25-14-9-15-42-25)32-28-26(23)19(3)35-38(28)20-10-5-4-6-11-20/h4-16,18,36,40H,17H2,1-3H3/b30-27+,34-33?. The van der Waals surface area contributed by atoms with E-state index in [1.807, 2.05) is 68.6 Å². The number of azo groups is 1. The average Bonchev–Trinajstić information content (AvgIpc) is 3.66. The third kappa shape index (κ3) is 4.94. The minimum atomic E-state index is -0.665. The molecule has 210 valence electrons. The van der Waals surface area contributed by atoms with Gasteiger partial charge in [0.05, 0.1) is 38.5 Å². The van der Waals surface area contributed by atoms with E-state index in [0.717, 1.165) is 10.6 Å². The Balaban J connectivity index is 1.44. The number of hydrogen-bond donors (Lipinski definition) is 2. The summed E-state index contributed by atoms with van der Waals surface area (Å²) in [4.78, 5) is 32.4. The molecule has 5 aromatic rings. The number of hydrogen-bond acceptors (Lipinski definition) is 8. The second kappa shape index (κ2) is 11.0. The molecular weight excluding hydrogens is 550 g/mol. The van der Waals surface area contributed by atoms with Crippen LogP contribution in [0.25, 0.3) is 33.0 Å². The van der Waals surface area contributed by atoms with Crippen LogP contribution in [0.2, 0.25) is 0 Å². The number of carbonyl (C=O) groups excluding carboxylic acids is 2. The van der Waals surface area contributed by atoms with Crippen molar-refractivity contribution in [2.45, 2.75) is 20.8 Å². The minimum Gasteiger partial charge on any atom is -0.491 e. The molecule has 0 radical (unpaired) electrons. The number of thiophene rings is 1. The SMILES string of the molecule is Cc1nn(-c2ccccc2)c2nc(-c3cccs3)cc(C(=O)N=N/C(O)=C3\NN(CC(C)C)C(=O)c4ccccc43)c12. The van der Waals surface area contributed by atoms with Crippen molar-refractivity contribution in [2.75, 3.05) is 6.54 Å². The number of carbonyl (C=O) groups is 2. The van der Waals surface area contributed by atoms with Crippen molar-refractivity contribution in [1.82, 2.24) is 25.2 Å². The third-order valence-corrected chi connectivity index (χ3v) is 7.64. The number of aryl methyl sites for hydroxylation is 1. The van der Waals surface area contributed by atoms with Gasteiger partial charge in [-0.25, -0.2) is 9.67 Å². The third-order valence-electron chi connectivity index (χ3n) is 6.74. The average molecular weight is 578 g/mol. The van der Waals surface area contributed by atoms with Crippen molar-refractivity contribution in [3.8, 4) is 16.3 Å². The summed E-state index contributed by atoms with van der Waals surface area (Å²) in [5, 5.41) is 27.5. The molecule has 0 saturated carbocycles. The van der Waals surface area contributed by atoms with Crippen molar-refractivity contribution < 1.29 is 14.7 Å². The fraction of sp³-hybridized carbons (Fsp3) is 0.161. The normalized spacial score (nSPS) is 14.5. The molecule has 10 nitrogen and oxygen atoms in total. The van der Waals surface area contributed by atoms with Crippen LogP contribution in [0.5, 0.6) is 0 Å². The fourth-order valence-corrected chi connectivity index (χ4v) is 5.58. The van der Waals surface area contributed by atoms with Gasteiger partial charge in [-0.2, -0.15) is 5.10 Å². The summed E-state index contributed by atoms with van der Waals surface area (Å²) < 4.78 is 1.71. The van der Waals surface area contributed by atoms with Crippen LogP contribution in [0.1, 0.15) is 45.8 Å². The van der Waals surface area contributed by atoms with Crippen LogP contribution in [-0.2, 0) is 0 Å². The number of benzene rings is 2. The minimum absolute atomic E-state index is 0.171. The van der Waals surface area contributed by atoms with Crippen molar-refractivity contribution in [1.29, 1.82) is 0 Å². The van der Waals surface area contributed by atoms with E-state index in [0.29, 0.717) is 40.1 Å². The van der Waals surface area contributed by atoms with Gasteiger partial charge < -0.3 is 5.11 Å². The van der Waals surface area contributed by atoms with E-state index in [4.69, 9.17) is 4.98 Å². The highest BCUT2D eigenvalue weighted by molar-refractivity contribution is 7.13. The Morgan fingerprint density at radius 3 is 2.48 bits per heavy atom. The molecule has 0 unspecified atom stereocenters. The van der Waals surface area contributed by atoms with E-state index in [1.54, 1.807) is 35.0 Å². The van der Waals surface area contributed by atoms with Gasteiger partial charge in [-0.15, -0.1) is 21.6 Å². The predicted molar refractivity (Wildman–Crippen MR) is 161 cm³/mol. The summed E-state index contributed by atoms with van der Waals surface area (Å²) in [5.41, 5.74) is 6.82. The maximum Gasteiger partial charge on any atom is 0.296 e. The number of aromatic nitrogens is 3. The number of aliphatic hydroxyl groups excluding tert-OH is 1. The second-order valence-corrected chi connectivity index (χ2v) is 11.2. The van der Waals surface area contributed by atoms with Crippen LogP contribution in [0.4, 0.5) is 0 Å². The lowest BCUT2D eigenvalue weighted by atomic mass is 10.0. The summed E-state index contributed by atoms with van der Waals surface area (Å²) in [6.07, 6.45) is 0. The van der Waals surface area contributed by atoms with Gasteiger partial charge in [-0.05, 0) is 48.6 Å². The molecule has 0 spiro atoms. The van der Waals surface area contributed by atoms with Crippen LogP contribution in [-0.4, -0.2) is 43.2 Å². The maximum atomic E-state index is 13.6. The zero-order valence-electron chi connectivity index (χ0n) is 23.1. The summed E-state index contributed by atoms with van der Waals surface area (Å²) in [5.74, 6) is -1.22.